The van der Waals surface area contributed by atoms with Crippen molar-refractivity contribution in [1.29, 1.82) is 0 Å². The molecule has 24 heavy (non-hydrogen) atoms. The summed E-state index contributed by atoms with van der Waals surface area (Å²) in [5, 5.41) is 0.884. The fourth-order valence-electron chi connectivity index (χ4n) is 2.65. The van der Waals surface area contributed by atoms with Crippen LogP contribution in [0.25, 0.3) is 0 Å². The molecule has 6 heteroatoms. The van der Waals surface area contributed by atoms with Crippen LogP contribution in [0.2, 0.25) is 0 Å². The molecule has 0 radical (unpaired) electrons. The van der Waals surface area contributed by atoms with Gasteiger partial charge in [0.25, 0.3) is 10.1 Å². The van der Waals surface area contributed by atoms with Crippen LogP contribution < -0.4 is 59.1 Å². The van der Waals surface area contributed by atoms with Crippen LogP contribution in [0.5, 0.6) is 0 Å². The second-order valence-electron chi connectivity index (χ2n) is 6.27. The zero-order valence-corrected chi connectivity index (χ0v) is 21.2. The number of unbranched alkanes of at least 4 members (excludes halogenated alkanes) is 14. The van der Waals surface area contributed by atoms with E-state index in [1.54, 1.807) is 0 Å². The molecule has 0 fully saturated rings. The largest absolute Gasteiger partial charge is 1.00 e. The van der Waals surface area contributed by atoms with Gasteiger partial charge in [0.1, 0.15) is 0 Å². The fraction of sp³-hybridized carbons (Fsp3) is 0.889. The van der Waals surface area contributed by atoms with Crippen LogP contribution in [-0.2, 0) is 10.1 Å². The Balaban J connectivity index is -0.000000367. The Kier molecular flexibility index (Phi) is 28.7. The number of rotatable bonds is 16. The molecule has 0 amide bonds. The second-order valence-corrected chi connectivity index (χ2v) is 7.57. The van der Waals surface area contributed by atoms with Crippen LogP contribution >= 0.6 is 0 Å². The van der Waals surface area contributed by atoms with Crippen molar-refractivity contribution in [2.75, 3.05) is 0 Å². The van der Waals surface area contributed by atoms with E-state index in [1.165, 1.54) is 83.1 Å². The topological polar surface area (TPSA) is 54.4 Å². The smallest absolute Gasteiger partial charge is 1.00 e. The van der Waals surface area contributed by atoms with Gasteiger partial charge in [-0.25, -0.2) is 0 Å². The Morgan fingerprint density at radius 2 is 1.04 bits per heavy atom. The molecule has 0 bridgehead atoms. The molecular weight excluding hydrogens is 342 g/mol. The normalized spacial score (nSPS) is 11.2. The molecule has 0 aliphatic heterocycles. The number of hydrogen-bond acceptors (Lipinski definition) is 2. The van der Waals surface area contributed by atoms with Crippen molar-refractivity contribution in [2.45, 2.75) is 103 Å². The summed E-state index contributed by atoms with van der Waals surface area (Å²) < 4.78 is 29.4. The van der Waals surface area contributed by atoms with E-state index in [2.05, 4.69) is 6.92 Å². The predicted octanol–water partition coefficient (Wildman–Crippen LogP) is 0.492. The van der Waals surface area contributed by atoms with Gasteiger partial charge in [-0.1, -0.05) is 96.5 Å². The van der Waals surface area contributed by atoms with Crippen molar-refractivity contribution < 1.29 is 74.9 Å². The predicted molar refractivity (Wildman–Crippen MR) is 97.8 cm³/mol. The molecule has 0 aromatic rings. The molecule has 0 aliphatic rings. The van der Waals surface area contributed by atoms with Crippen molar-refractivity contribution in [3.05, 3.63) is 11.5 Å². The number of hydrogen-bond donors (Lipinski definition) is 1. The Bertz CT molecular complexity index is 367. The molecule has 0 heterocycles. The Labute approximate surface area is 198 Å². The summed E-state index contributed by atoms with van der Waals surface area (Å²) in [6.07, 6.45) is 20.8. The molecule has 3 nitrogen and oxygen atoms in total. The zero-order valence-electron chi connectivity index (χ0n) is 18.4. The average molecular weight is 381 g/mol. The SMILES string of the molecule is CCCCCCCCCCCCCCCCC=CS(=O)(=O)O.[H-].[H-].[Na+].[Na+]. The molecule has 0 saturated carbocycles. The van der Waals surface area contributed by atoms with Crippen LogP contribution in [0.1, 0.15) is 106 Å². The van der Waals surface area contributed by atoms with E-state index >= 15 is 0 Å². The monoisotopic (exact) mass is 380 g/mol. The van der Waals surface area contributed by atoms with Crippen molar-refractivity contribution in [3.63, 3.8) is 0 Å². The van der Waals surface area contributed by atoms with Crippen molar-refractivity contribution in [1.82, 2.24) is 0 Å². The third kappa shape index (κ3) is 28.5. The summed E-state index contributed by atoms with van der Waals surface area (Å²) in [5.74, 6) is 0. The van der Waals surface area contributed by atoms with Gasteiger partial charge in [0.05, 0.1) is 5.41 Å². The molecular formula is C18H38Na2O3S. The summed E-state index contributed by atoms with van der Waals surface area (Å²) in [7, 11) is -3.92. The van der Waals surface area contributed by atoms with Crippen molar-refractivity contribution in [2.24, 2.45) is 0 Å². The summed E-state index contributed by atoms with van der Waals surface area (Å²) in [6.45, 7) is 2.26. The molecule has 1 N–H and O–H groups in total. The third-order valence-electron chi connectivity index (χ3n) is 3.99. The average Bonchev–Trinajstić information content (AvgIpc) is 2.45. The molecule has 136 valence electrons. The van der Waals surface area contributed by atoms with E-state index in [4.69, 9.17) is 4.55 Å². The first-order chi connectivity index (χ1) is 10.6. The van der Waals surface area contributed by atoms with Gasteiger partial charge in [-0.3, -0.25) is 4.55 Å². The molecule has 0 aromatic carbocycles. The summed E-state index contributed by atoms with van der Waals surface area (Å²) in [6, 6.07) is 0. The van der Waals surface area contributed by atoms with Gasteiger partial charge in [-0.2, -0.15) is 8.42 Å². The van der Waals surface area contributed by atoms with Gasteiger partial charge in [-0.15, -0.1) is 0 Å². The number of allylic oxidation sites excluding steroid dienone is 1. The fourth-order valence-corrected chi connectivity index (χ4v) is 3.03. The quantitative estimate of drug-likeness (QED) is 0.241. The van der Waals surface area contributed by atoms with Crippen LogP contribution in [0, 0.1) is 0 Å². The Morgan fingerprint density at radius 1 is 0.708 bits per heavy atom. The van der Waals surface area contributed by atoms with Crippen molar-refractivity contribution in [3.8, 4) is 0 Å². The summed E-state index contributed by atoms with van der Waals surface area (Å²) in [4.78, 5) is 0. The maximum atomic E-state index is 10.4. The van der Waals surface area contributed by atoms with E-state index in [0.717, 1.165) is 24.7 Å². The standard InChI is InChI=1S/C18H36O3S.2Na.2H/c1-2-3-4-5-6-7-8-9-10-11-12-13-14-15-16-17-18-22(19,20)21;;;;/h17-18H,2-16H2,1H3,(H,19,20,21);;;;/q;2*+1;2*-1. The first-order valence-electron chi connectivity index (χ1n) is 9.20. The molecule has 0 spiro atoms. The molecule has 0 aromatic heterocycles. The molecule has 0 aliphatic carbocycles. The molecule has 0 unspecified atom stereocenters. The zero-order chi connectivity index (χ0) is 16.5. The maximum Gasteiger partial charge on any atom is 1.00 e. The third-order valence-corrected chi connectivity index (χ3v) is 4.53. The molecule has 0 saturated heterocycles. The Morgan fingerprint density at radius 3 is 1.38 bits per heavy atom. The van der Waals surface area contributed by atoms with Crippen molar-refractivity contribution >= 4 is 10.1 Å². The van der Waals surface area contributed by atoms with Crippen LogP contribution in [0.4, 0.5) is 0 Å². The van der Waals surface area contributed by atoms with Crippen LogP contribution in [0.3, 0.4) is 0 Å². The van der Waals surface area contributed by atoms with Gasteiger partial charge in [0, 0.05) is 0 Å². The molecule has 0 atom stereocenters. The van der Waals surface area contributed by atoms with E-state index in [0.29, 0.717) is 0 Å². The van der Waals surface area contributed by atoms with Gasteiger partial charge in [-0.05, 0) is 12.8 Å². The summed E-state index contributed by atoms with van der Waals surface area (Å²) in [5.41, 5.74) is 0. The Hall–Kier alpha value is 1.65. The van der Waals surface area contributed by atoms with Crippen LogP contribution in [-0.4, -0.2) is 13.0 Å². The van der Waals surface area contributed by atoms with E-state index in [9.17, 15) is 8.42 Å². The first-order valence-corrected chi connectivity index (χ1v) is 10.7. The van der Waals surface area contributed by atoms with E-state index in [1.807, 2.05) is 0 Å². The van der Waals surface area contributed by atoms with E-state index in [-0.39, 0.29) is 62.0 Å². The molecule has 0 rings (SSSR count). The van der Waals surface area contributed by atoms with Crippen LogP contribution in [0.15, 0.2) is 11.5 Å². The van der Waals surface area contributed by atoms with Gasteiger partial charge in [0.2, 0.25) is 0 Å². The minimum Gasteiger partial charge on any atom is -1.00 e. The maximum absolute atomic E-state index is 10.4. The van der Waals surface area contributed by atoms with Gasteiger partial charge in [0.15, 0.2) is 0 Å². The first kappa shape index (κ1) is 30.4. The summed E-state index contributed by atoms with van der Waals surface area (Å²) >= 11 is 0. The minimum atomic E-state index is -3.92. The minimum absolute atomic E-state index is 0. The second kappa shape index (κ2) is 22.7. The van der Waals surface area contributed by atoms with Gasteiger partial charge >= 0.3 is 59.1 Å². The van der Waals surface area contributed by atoms with Gasteiger partial charge < -0.3 is 2.85 Å². The van der Waals surface area contributed by atoms with E-state index < -0.39 is 10.1 Å².